The van der Waals surface area contributed by atoms with Gasteiger partial charge in [-0.15, -0.1) is 0 Å². The first-order valence-corrected chi connectivity index (χ1v) is 8.52. The maximum atomic E-state index is 12.7. The summed E-state index contributed by atoms with van der Waals surface area (Å²) in [4.78, 5) is 0.0668. The van der Waals surface area contributed by atoms with Crippen molar-refractivity contribution in [2.45, 2.75) is 18.4 Å². The summed E-state index contributed by atoms with van der Waals surface area (Å²) in [5.74, 6) is 0.278. The van der Waals surface area contributed by atoms with Gasteiger partial charge in [0.2, 0.25) is 10.0 Å². The molecule has 0 unspecified atom stereocenters. The smallest absolute Gasteiger partial charge is 0.246 e. The summed E-state index contributed by atoms with van der Waals surface area (Å²) >= 11 is 5.92. The molecule has 22 heavy (non-hydrogen) atoms. The Hall–Kier alpha value is -1.56. The highest BCUT2D eigenvalue weighted by Crippen LogP contribution is 2.29. The van der Waals surface area contributed by atoms with Crippen LogP contribution in [0.5, 0.6) is 5.75 Å². The highest BCUT2D eigenvalue weighted by Gasteiger charge is 2.25. The van der Waals surface area contributed by atoms with Gasteiger partial charge < -0.3 is 4.74 Å². The van der Waals surface area contributed by atoms with E-state index in [1.54, 1.807) is 12.1 Å². The number of methoxy groups -OCH3 is 1. The summed E-state index contributed by atoms with van der Waals surface area (Å²) in [6.45, 7) is 2.26. The lowest BCUT2D eigenvalue weighted by molar-refractivity contribution is 0.397. The Labute approximate surface area is 136 Å². The summed E-state index contributed by atoms with van der Waals surface area (Å²) in [5, 5.41) is 0.350. The van der Waals surface area contributed by atoms with Crippen molar-refractivity contribution in [2.75, 3.05) is 14.2 Å². The summed E-state index contributed by atoms with van der Waals surface area (Å²) in [6.07, 6.45) is 0. The lowest BCUT2D eigenvalue weighted by Gasteiger charge is -2.19. The van der Waals surface area contributed by atoms with Crippen LogP contribution in [0.4, 0.5) is 0 Å². The average Bonchev–Trinajstić information content (AvgIpc) is 2.49. The van der Waals surface area contributed by atoms with E-state index in [9.17, 15) is 8.42 Å². The summed E-state index contributed by atoms with van der Waals surface area (Å²) in [7, 11) is -0.719. The molecule has 0 spiro atoms. The molecule has 0 aliphatic carbocycles. The number of sulfonamides is 1. The van der Waals surface area contributed by atoms with Gasteiger partial charge in [0.15, 0.2) is 0 Å². The van der Waals surface area contributed by atoms with Crippen LogP contribution in [-0.4, -0.2) is 26.9 Å². The zero-order valence-corrected chi connectivity index (χ0v) is 14.3. The van der Waals surface area contributed by atoms with Crippen LogP contribution in [0.25, 0.3) is 0 Å². The Morgan fingerprint density at radius 3 is 2.36 bits per heavy atom. The second-order valence-corrected chi connectivity index (χ2v) is 7.49. The van der Waals surface area contributed by atoms with Gasteiger partial charge in [-0.25, -0.2) is 8.42 Å². The highest BCUT2D eigenvalue weighted by molar-refractivity contribution is 7.89. The van der Waals surface area contributed by atoms with Crippen LogP contribution in [0.1, 0.15) is 11.1 Å². The molecule has 0 aromatic heterocycles. The van der Waals surface area contributed by atoms with E-state index >= 15 is 0 Å². The maximum Gasteiger partial charge on any atom is 0.246 e. The number of benzene rings is 2. The van der Waals surface area contributed by atoms with Gasteiger partial charge in [0, 0.05) is 18.6 Å². The molecule has 6 heteroatoms. The standard InChI is InChI=1S/C16H18ClNO3S/c1-12-4-6-13(7-5-12)11-18(2)22(19,20)16-10-14(17)8-9-15(16)21-3/h4-10H,11H2,1-3H3. The predicted octanol–water partition coefficient (Wildman–Crippen LogP) is 3.48. The summed E-state index contributed by atoms with van der Waals surface area (Å²) in [6, 6.07) is 12.3. The van der Waals surface area contributed by atoms with E-state index in [-0.39, 0.29) is 17.2 Å². The second-order valence-electron chi connectivity index (χ2n) is 5.04. The van der Waals surface area contributed by atoms with Gasteiger partial charge >= 0.3 is 0 Å². The van der Waals surface area contributed by atoms with Crippen molar-refractivity contribution >= 4 is 21.6 Å². The fourth-order valence-corrected chi connectivity index (χ4v) is 3.63. The fourth-order valence-electron chi connectivity index (χ4n) is 2.06. The van der Waals surface area contributed by atoms with E-state index in [1.807, 2.05) is 31.2 Å². The molecular weight excluding hydrogens is 322 g/mol. The SMILES string of the molecule is COc1ccc(Cl)cc1S(=O)(=O)N(C)Cc1ccc(C)cc1. The van der Waals surface area contributed by atoms with Crippen LogP contribution in [0.2, 0.25) is 5.02 Å². The molecular formula is C16H18ClNO3S. The van der Waals surface area contributed by atoms with E-state index in [2.05, 4.69) is 0 Å². The molecule has 118 valence electrons. The first-order valence-electron chi connectivity index (χ1n) is 6.70. The van der Waals surface area contributed by atoms with Crippen LogP contribution >= 0.6 is 11.6 Å². The largest absolute Gasteiger partial charge is 0.495 e. The molecule has 0 saturated carbocycles. The minimum absolute atomic E-state index is 0.0668. The van der Waals surface area contributed by atoms with Crippen LogP contribution in [0, 0.1) is 6.92 Å². The Balaban J connectivity index is 2.33. The number of hydrogen-bond donors (Lipinski definition) is 0. The average molecular weight is 340 g/mol. The van der Waals surface area contributed by atoms with E-state index in [0.29, 0.717) is 5.02 Å². The lowest BCUT2D eigenvalue weighted by Crippen LogP contribution is -2.26. The number of rotatable bonds is 5. The predicted molar refractivity (Wildman–Crippen MR) is 87.8 cm³/mol. The first kappa shape index (κ1) is 16.8. The molecule has 0 fully saturated rings. The molecule has 0 N–H and O–H groups in total. The summed E-state index contributed by atoms with van der Waals surface area (Å²) < 4.78 is 31.9. The monoisotopic (exact) mass is 339 g/mol. The second kappa shape index (κ2) is 6.69. The highest BCUT2D eigenvalue weighted by atomic mass is 35.5. The van der Waals surface area contributed by atoms with Gasteiger partial charge in [0.25, 0.3) is 0 Å². The van der Waals surface area contributed by atoms with Crippen molar-refractivity contribution in [1.29, 1.82) is 0 Å². The minimum atomic E-state index is -3.69. The molecule has 0 radical (unpaired) electrons. The van der Waals surface area contributed by atoms with Gasteiger partial charge in [-0.1, -0.05) is 41.4 Å². The Morgan fingerprint density at radius 2 is 1.77 bits per heavy atom. The minimum Gasteiger partial charge on any atom is -0.495 e. The van der Waals surface area contributed by atoms with Crippen molar-refractivity contribution in [3.63, 3.8) is 0 Å². The molecule has 2 aromatic rings. The molecule has 0 aliphatic heterocycles. The van der Waals surface area contributed by atoms with Gasteiger partial charge in [0.05, 0.1) is 7.11 Å². The quantitative estimate of drug-likeness (QED) is 0.837. The normalized spacial score (nSPS) is 11.7. The third kappa shape index (κ3) is 3.61. The zero-order valence-electron chi connectivity index (χ0n) is 12.7. The summed E-state index contributed by atoms with van der Waals surface area (Å²) in [5.41, 5.74) is 2.04. The van der Waals surface area contributed by atoms with Crippen LogP contribution < -0.4 is 4.74 Å². The van der Waals surface area contributed by atoms with E-state index < -0.39 is 10.0 Å². The Morgan fingerprint density at radius 1 is 1.14 bits per heavy atom. The third-order valence-corrected chi connectivity index (χ3v) is 5.40. The molecule has 4 nitrogen and oxygen atoms in total. The number of hydrogen-bond acceptors (Lipinski definition) is 3. The molecule has 0 atom stereocenters. The Bertz CT molecular complexity index is 757. The molecule has 2 rings (SSSR count). The van der Waals surface area contributed by atoms with Crippen molar-refractivity contribution < 1.29 is 13.2 Å². The molecule has 2 aromatic carbocycles. The third-order valence-electron chi connectivity index (χ3n) is 3.34. The number of aryl methyl sites for hydroxylation is 1. The Kier molecular flexibility index (Phi) is 5.11. The van der Waals surface area contributed by atoms with Crippen molar-refractivity contribution in [1.82, 2.24) is 4.31 Å². The molecule has 0 aliphatic rings. The lowest BCUT2D eigenvalue weighted by atomic mass is 10.1. The molecule has 0 bridgehead atoms. The van der Waals surface area contributed by atoms with E-state index in [1.165, 1.54) is 24.5 Å². The van der Waals surface area contributed by atoms with Crippen LogP contribution in [0.3, 0.4) is 0 Å². The number of ether oxygens (including phenoxy) is 1. The van der Waals surface area contributed by atoms with Gasteiger partial charge in [0.1, 0.15) is 10.6 Å². The molecule has 0 saturated heterocycles. The fraction of sp³-hybridized carbons (Fsp3) is 0.250. The number of nitrogens with zero attached hydrogens (tertiary/aromatic N) is 1. The van der Waals surface area contributed by atoms with Gasteiger partial charge in [-0.3, -0.25) is 0 Å². The maximum absolute atomic E-state index is 12.7. The zero-order chi connectivity index (χ0) is 16.3. The number of halogens is 1. The molecule has 0 heterocycles. The van der Waals surface area contributed by atoms with Gasteiger partial charge in [-0.2, -0.15) is 4.31 Å². The van der Waals surface area contributed by atoms with E-state index in [4.69, 9.17) is 16.3 Å². The topological polar surface area (TPSA) is 46.6 Å². The van der Waals surface area contributed by atoms with Crippen LogP contribution in [0.15, 0.2) is 47.4 Å². The van der Waals surface area contributed by atoms with Gasteiger partial charge in [-0.05, 0) is 30.7 Å². The van der Waals surface area contributed by atoms with Crippen molar-refractivity contribution in [2.24, 2.45) is 0 Å². The first-order chi connectivity index (χ1) is 10.3. The van der Waals surface area contributed by atoms with E-state index in [0.717, 1.165) is 11.1 Å². The molecule has 0 amide bonds. The van der Waals surface area contributed by atoms with Crippen LogP contribution in [-0.2, 0) is 16.6 Å². The van der Waals surface area contributed by atoms with Crippen molar-refractivity contribution in [3.8, 4) is 5.75 Å². The van der Waals surface area contributed by atoms with Crippen molar-refractivity contribution in [3.05, 3.63) is 58.6 Å².